The molecule has 1 N–H and O–H groups in total. The molecular weight excluding hydrogens is 272 g/mol. The Hall–Kier alpha value is -1.53. The van der Waals surface area contributed by atoms with Crippen molar-refractivity contribution in [1.29, 1.82) is 0 Å². The number of hydrogen-bond acceptors (Lipinski definition) is 5. The van der Waals surface area contributed by atoms with Crippen LogP contribution in [-0.4, -0.2) is 40.4 Å². The standard InChI is InChI=1S/C14H18N4OS/c19-13-3-1-6-18(13)7-2-5-15-9-12-14-11(4-8-20-14)16-10-17-12/h4,8,10,15H,1-3,5-7,9H2. The van der Waals surface area contributed by atoms with Crippen LogP contribution in [0.2, 0.25) is 0 Å². The van der Waals surface area contributed by atoms with E-state index in [1.165, 1.54) is 0 Å². The van der Waals surface area contributed by atoms with Gasteiger partial charge in [0.2, 0.25) is 5.91 Å². The van der Waals surface area contributed by atoms with E-state index >= 15 is 0 Å². The van der Waals surface area contributed by atoms with Gasteiger partial charge in [-0.05, 0) is 30.8 Å². The van der Waals surface area contributed by atoms with Gasteiger partial charge in [-0.25, -0.2) is 9.97 Å². The molecule has 3 rings (SSSR count). The van der Waals surface area contributed by atoms with Crippen LogP contribution < -0.4 is 5.32 Å². The lowest BCUT2D eigenvalue weighted by molar-refractivity contribution is -0.127. The Morgan fingerprint density at radius 3 is 3.20 bits per heavy atom. The Kier molecular flexibility index (Phi) is 4.22. The van der Waals surface area contributed by atoms with Gasteiger partial charge in [0.05, 0.1) is 15.9 Å². The van der Waals surface area contributed by atoms with Crippen LogP contribution in [0.4, 0.5) is 0 Å². The Labute approximate surface area is 122 Å². The molecule has 6 heteroatoms. The highest BCUT2D eigenvalue weighted by atomic mass is 32.1. The molecule has 1 amide bonds. The largest absolute Gasteiger partial charge is 0.343 e. The minimum atomic E-state index is 0.307. The first kappa shape index (κ1) is 13.5. The summed E-state index contributed by atoms with van der Waals surface area (Å²) in [4.78, 5) is 22.0. The average Bonchev–Trinajstić information content (AvgIpc) is 3.08. The van der Waals surface area contributed by atoms with E-state index in [1.807, 2.05) is 16.3 Å². The summed E-state index contributed by atoms with van der Waals surface area (Å²) in [6.45, 7) is 3.46. The fourth-order valence-electron chi connectivity index (χ4n) is 2.51. The van der Waals surface area contributed by atoms with Gasteiger partial charge < -0.3 is 10.2 Å². The number of thiophene rings is 1. The molecule has 0 radical (unpaired) electrons. The quantitative estimate of drug-likeness (QED) is 0.824. The molecule has 0 saturated carbocycles. The van der Waals surface area contributed by atoms with Gasteiger partial charge in [0.25, 0.3) is 0 Å². The summed E-state index contributed by atoms with van der Waals surface area (Å²) in [6, 6.07) is 2.02. The molecular formula is C14H18N4OS. The number of amides is 1. The maximum atomic E-state index is 11.5. The molecule has 0 aromatic carbocycles. The normalized spacial score (nSPS) is 15.4. The molecule has 0 bridgehead atoms. The van der Waals surface area contributed by atoms with Crippen LogP contribution in [0.25, 0.3) is 10.2 Å². The van der Waals surface area contributed by atoms with Crippen molar-refractivity contribution in [2.45, 2.75) is 25.8 Å². The second-order valence-corrected chi connectivity index (χ2v) is 5.89. The van der Waals surface area contributed by atoms with Gasteiger partial charge in [-0.15, -0.1) is 11.3 Å². The van der Waals surface area contributed by atoms with Crippen molar-refractivity contribution >= 4 is 27.5 Å². The monoisotopic (exact) mass is 290 g/mol. The zero-order chi connectivity index (χ0) is 13.8. The average molecular weight is 290 g/mol. The smallest absolute Gasteiger partial charge is 0.222 e. The third kappa shape index (κ3) is 2.96. The molecule has 0 aliphatic carbocycles. The zero-order valence-corrected chi connectivity index (χ0v) is 12.2. The van der Waals surface area contributed by atoms with Crippen molar-refractivity contribution in [2.75, 3.05) is 19.6 Å². The first-order chi connectivity index (χ1) is 9.84. The zero-order valence-electron chi connectivity index (χ0n) is 11.3. The van der Waals surface area contributed by atoms with Gasteiger partial charge in [0, 0.05) is 26.1 Å². The summed E-state index contributed by atoms with van der Waals surface area (Å²) in [6.07, 6.45) is 4.35. The van der Waals surface area contributed by atoms with Crippen molar-refractivity contribution in [2.24, 2.45) is 0 Å². The summed E-state index contributed by atoms with van der Waals surface area (Å²) in [7, 11) is 0. The number of hydrogen-bond donors (Lipinski definition) is 1. The summed E-state index contributed by atoms with van der Waals surface area (Å²) >= 11 is 1.68. The predicted molar refractivity (Wildman–Crippen MR) is 79.6 cm³/mol. The lowest BCUT2D eigenvalue weighted by Gasteiger charge is -2.15. The molecule has 20 heavy (non-hydrogen) atoms. The van der Waals surface area contributed by atoms with Crippen molar-refractivity contribution in [1.82, 2.24) is 20.2 Å². The number of aromatic nitrogens is 2. The first-order valence-electron chi connectivity index (χ1n) is 7.00. The molecule has 0 atom stereocenters. The van der Waals surface area contributed by atoms with Crippen LogP contribution in [0, 0.1) is 0 Å². The van der Waals surface area contributed by atoms with E-state index in [0.717, 1.165) is 61.4 Å². The minimum absolute atomic E-state index is 0.307. The second kappa shape index (κ2) is 6.28. The first-order valence-corrected chi connectivity index (χ1v) is 7.88. The van der Waals surface area contributed by atoms with Crippen molar-refractivity contribution in [3.05, 3.63) is 23.5 Å². The van der Waals surface area contributed by atoms with Crippen molar-refractivity contribution in [3.63, 3.8) is 0 Å². The van der Waals surface area contributed by atoms with Crippen LogP contribution in [-0.2, 0) is 11.3 Å². The molecule has 2 aromatic heterocycles. The van der Waals surface area contributed by atoms with Crippen LogP contribution in [0.15, 0.2) is 17.8 Å². The Balaban J connectivity index is 1.44. The van der Waals surface area contributed by atoms with Crippen molar-refractivity contribution in [3.8, 4) is 0 Å². The fraction of sp³-hybridized carbons (Fsp3) is 0.500. The van der Waals surface area contributed by atoms with Gasteiger partial charge in [-0.2, -0.15) is 0 Å². The lowest BCUT2D eigenvalue weighted by Crippen LogP contribution is -2.28. The second-order valence-electron chi connectivity index (χ2n) is 4.97. The Morgan fingerprint density at radius 1 is 1.40 bits per heavy atom. The number of carbonyl (C=O) groups excluding carboxylic acids is 1. The number of nitrogens with zero attached hydrogens (tertiary/aromatic N) is 3. The van der Waals surface area contributed by atoms with Crippen LogP contribution in [0.1, 0.15) is 25.0 Å². The summed E-state index contributed by atoms with van der Waals surface area (Å²) in [5, 5.41) is 5.44. The third-order valence-electron chi connectivity index (χ3n) is 3.56. The molecule has 1 fully saturated rings. The highest BCUT2D eigenvalue weighted by Crippen LogP contribution is 2.20. The van der Waals surface area contributed by atoms with Crippen LogP contribution >= 0.6 is 11.3 Å². The molecule has 5 nitrogen and oxygen atoms in total. The number of nitrogens with one attached hydrogen (secondary N) is 1. The number of fused-ring (bicyclic) bond motifs is 1. The topological polar surface area (TPSA) is 58.1 Å². The van der Waals surface area contributed by atoms with E-state index in [1.54, 1.807) is 17.7 Å². The van der Waals surface area contributed by atoms with E-state index in [0.29, 0.717) is 5.91 Å². The molecule has 106 valence electrons. The summed E-state index contributed by atoms with van der Waals surface area (Å²) in [5.41, 5.74) is 2.08. The molecule has 0 unspecified atom stereocenters. The highest BCUT2D eigenvalue weighted by Gasteiger charge is 2.18. The number of likely N-dealkylation sites (tertiary alicyclic amines) is 1. The van der Waals surface area contributed by atoms with E-state index in [2.05, 4.69) is 15.3 Å². The predicted octanol–water partition coefficient (Wildman–Crippen LogP) is 1.79. The third-order valence-corrected chi connectivity index (χ3v) is 4.51. The fourth-order valence-corrected chi connectivity index (χ4v) is 3.34. The van der Waals surface area contributed by atoms with Crippen LogP contribution in [0.5, 0.6) is 0 Å². The SMILES string of the molecule is O=C1CCCN1CCCNCc1ncnc2ccsc12. The van der Waals surface area contributed by atoms with Gasteiger partial charge >= 0.3 is 0 Å². The van der Waals surface area contributed by atoms with Gasteiger partial charge in [-0.1, -0.05) is 0 Å². The van der Waals surface area contributed by atoms with E-state index in [9.17, 15) is 4.79 Å². The Bertz CT molecular complexity index is 598. The summed E-state index contributed by atoms with van der Waals surface area (Å²) < 4.78 is 1.16. The van der Waals surface area contributed by atoms with E-state index in [-0.39, 0.29) is 0 Å². The molecule has 2 aromatic rings. The lowest BCUT2D eigenvalue weighted by atomic mass is 10.3. The molecule has 1 aliphatic heterocycles. The van der Waals surface area contributed by atoms with E-state index in [4.69, 9.17) is 0 Å². The van der Waals surface area contributed by atoms with Gasteiger partial charge in [-0.3, -0.25) is 4.79 Å². The number of rotatable bonds is 6. The maximum absolute atomic E-state index is 11.5. The van der Waals surface area contributed by atoms with Gasteiger partial charge in [0.1, 0.15) is 6.33 Å². The van der Waals surface area contributed by atoms with E-state index < -0.39 is 0 Å². The molecule has 3 heterocycles. The van der Waals surface area contributed by atoms with Crippen molar-refractivity contribution < 1.29 is 4.79 Å². The highest BCUT2D eigenvalue weighted by molar-refractivity contribution is 7.17. The van der Waals surface area contributed by atoms with Crippen LogP contribution in [0.3, 0.4) is 0 Å². The molecule has 1 aliphatic rings. The molecule has 0 spiro atoms. The van der Waals surface area contributed by atoms with Gasteiger partial charge in [0.15, 0.2) is 0 Å². The minimum Gasteiger partial charge on any atom is -0.343 e. The summed E-state index contributed by atoms with van der Waals surface area (Å²) in [5.74, 6) is 0.307. The number of carbonyl (C=O) groups is 1. The maximum Gasteiger partial charge on any atom is 0.222 e. The molecule has 1 saturated heterocycles. The Morgan fingerprint density at radius 2 is 2.35 bits per heavy atom.